The lowest BCUT2D eigenvalue weighted by atomic mass is 9.81. The summed E-state index contributed by atoms with van der Waals surface area (Å²) in [7, 11) is 0. The molecular weight excluding hydrogens is 686 g/mol. The number of carbonyl (C=O) groups excluding carboxylic acids is 1. The number of hydrogen-bond acceptors (Lipinski definition) is 7. The average Bonchev–Trinajstić information content (AvgIpc) is 3.47. The molecule has 0 saturated carbocycles. The summed E-state index contributed by atoms with van der Waals surface area (Å²) in [6, 6.07) is 25.1. The first kappa shape index (κ1) is 34.5. The fraction of sp³-hybridized carbons (Fsp3) is 0.257. The Labute approximate surface area is 284 Å². The number of aliphatic hydroxyl groups is 1. The van der Waals surface area contributed by atoms with Crippen LogP contribution < -0.4 is 15.6 Å². The van der Waals surface area contributed by atoms with E-state index in [2.05, 4.69) is 36.8 Å². The van der Waals surface area contributed by atoms with Crippen molar-refractivity contribution in [3.8, 4) is 5.75 Å². The van der Waals surface area contributed by atoms with Gasteiger partial charge in [0.1, 0.15) is 17.4 Å². The summed E-state index contributed by atoms with van der Waals surface area (Å²) >= 11 is 3.48. The van der Waals surface area contributed by atoms with Crippen molar-refractivity contribution in [1.29, 1.82) is 0 Å². The zero-order chi connectivity index (χ0) is 33.9. The van der Waals surface area contributed by atoms with Gasteiger partial charge in [0.25, 0.3) is 5.91 Å². The van der Waals surface area contributed by atoms with Gasteiger partial charge in [-0.25, -0.2) is 19.2 Å². The van der Waals surface area contributed by atoms with Crippen molar-refractivity contribution in [2.45, 2.75) is 37.5 Å². The molecular formula is C35H33BrF2N6O4. The lowest BCUT2D eigenvalue weighted by Crippen LogP contribution is -2.54. The highest BCUT2D eigenvalue weighted by atomic mass is 79.9. The topological polar surface area (TPSA) is 141 Å². The monoisotopic (exact) mass is 718 g/mol. The van der Waals surface area contributed by atoms with Crippen molar-refractivity contribution in [2.75, 3.05) is 19.8 Å². The Bertz CT molecular complexity index is 1780. The highest BCUT2D eigenvalue weighted by molar-refractivity contribution is 9.10. The molecule has 48 heavy (non-hydrogen) atoms. The van der Waals surface area contributed by atoms with E-state index in [0.29, 0.717) is 35.5 Å². The third kappa shape index (κ3) is 8.55. The van der Waals surface area contributed by atoms with Gasteiger partial charge in [0.15, 0.2) is 11.6 Å². The highest BCUT2D eigenvalue weighted by Gasteiger charge is 2.53. The fourth-order valence-electron chi connectivity index (χ4n) is 5.42. The predicted octanol–water partition coefficient (Wildman–Crippen LogP) is 6.66. The summed E-state index contributed by atoms with van der Waals surface area (Å²) in [4.78, 5) is 22.3. The quantitative estimate of drug-likeness (QED) is 0.0415. The van der Waals surface area contributed by atoms with E-state index >= 15 is 0 Å². The van der Waals surface area contributed by atoms with Crippen molar-refractivity contribution in [3.63, 3.8) is 0 Å². The number of hydrazine groups is 1. The maximum absolute atomic E-state index is 14.4. The molecule has 0 fully saturated rings. The normalized spacial score (nSPS) is 16.8. The zero-order valence-electron chi connectivity index (χ0n) is 25.8. The Balaban J connectivity index is 1.51. The van der Waals surface area contributed by atoms with Crippen molar-refractivity contribution in [1.82, 2.24) is 10.9 Å². The maximum Gasteiger partial charge on any atom is 0.266 e. The number of azide groups is 1. The van der Waals surface area contributed by atoms with E-state index in [4.69, 9.17) is 25.1 Å². The van der Waals surface area contributed by atoms with Crippen LogP contribution in [0.5, 0.6) is 5.75 Å². The van der Waals surface area contributed by atoms with Gasteiger partial charge in [-0.1, -0.05) is 57.4 Å². The number of nitrogens with zero attached hydrogens (tertiary/aromatic N) is 4. The molecule has 4 aromatic rings. The molecule has 248 valence electrons. The fourth-order valence-corrected chi connectivity index (χ4v) is 5.68. The number of carbonyl (C=O) groups is 1. The van der Waals surface area contributed by atoms with Crippen LogP contribution in [0.2, 0.25) is 0 Å². The molecule has 1 amide bonds. The van der Waals surface area contributed by atoms with Crippen LogP contribution >= 0.6 is 15.9 Å². The van der Waals surface area contributed by atoms with E-state index in [9.17, 15) is 13.6 Å². The maximum atomic E-state index is 14.4. The number of amides is 1. The summed E-state index contributed by atoms with van der Waals surface area (Å²) in [6.45, 7) is 0.633. The van der Waals surface area contributed by atoms with E-state index in [-0.39, 0.29) is 38.4 Å². The van der Waals surface area contributed by atoms with E-state index < -0.39 is 29.2 Å². The van der Waals surface area contributed by atoms with Gasteiger partial charge in [-0.2, -0.15) is 0 Å². The number of aliphatic imine (C=N–C) groups is 1. The highest BCUT2D eigenvalue weighted by Crippen LogP contribution is 2.43. The van der Waals surface area contributed by atoms with Crippen LogP contribution in [0, 0.1) is 11.6 Å². The molecule has 0 bridgehead atoms. The first-order valence-corrected chi connectivity index (χ1v) is 16.0. The summed E-state index contributed by atoms with van der Waals surface area (Å²) in [5.41, 5.74) is 16.3. The molecule has 10 nitrogen and oxygen atoms in total. The molecule has 2 atom stereocenters. The SMILES string of the molecule is [N-]=[N+]=NCc1ccccc1C[C@]1(C(=O)NNCCc2cc(F)cc(F)c2)N=C(c2ccc(OCCCO)cc2)O[C@H]1c1ccc(Br)cc1. The van der Waals surface area contributed by atoms with Gasteiger partial charge < -0.3 is 14.6 Å². The molecule has 0 saturated heterocycles. The number of benzene rings is 4. The van der Waals surface area contributed by atoms with Gasteiger partial charge in [0.2, 0.25) is 5.90 Å². The number of hydrogen-bond donors (Lipinski definition) is 3. The summed E-state index contributed by atoms with van der Waals surface area (Å²) < 4.78 is 40.5. The number of rotatable bonds is 15. The van der Waals surface area contributed by atoms with Crippen molar-refractivity contribution >= 4 is 27.7 Å². The predicted molar refractivity (Wildman–Crippen MR) is 180 cm³/mol. The van der Waals surface area contributed by atoms with E-state index in [1.54, 1.807) is 24.3 Å². The largest absolute Gasteiger partial charge is 0.494 e. The first-order valence-electron chi connectivity index (χ1n) is 15.2. The van der Waals surface area contributed by atoms with E-state index in [1.165, 1.54) is 12.1 Å². The number of halogens is 3. The van der Waals surface area contributed by atoms with Crippen LogP contribution in [-0.4, -0.2) is 42.2 Å². The molecule has 0 unspecified atom stereocenters. The second kappa shape index (κ2) is 16.3. The van der Waals surface area contributed by atoms with Crippen LogP contribution in [0.1, 0.15) is 40.3 Å². The Hall–Kier alpha value is -4.81. The minimum Gasteiger partial charge on any atom is -0.494 e. The number of nitrogens with one attached hydrogen (secondary N) is 2. The van der Waals surface area contributed by atoms with Crippen LogP contribution in [0.4, 0.5) is 8.78 Å². The molecule has 1 aliphatic heterocycles. The van der Waals surface area contributed by atoms with Crippen LogP contribution in [-0.2, 0) is 28.9 Å². The van der Waals surface area contributed by atoms with E-state index in [1.807, 2.05) is 48.5 Å². The van der Waals surface area contributed by atoms with Crippen molar-refractivity contribution < 1.29 is 28.2 Å². The molecule has 0 spiro atoms. The molecule has 1 heterocycles. The molecule has 0 aliphatic carbocycles. The van der Waals surface area contributed by atoms with Gasteiger partial charge in [-0.15, -0.1) is 0 Å². The van der Waals surface area contributed by atoms with Gasteiger partial charge in [-0.3, -0.25) is 10.2 Å². The number of ether oxygens (including phenoxy) is 2. The molecule has 13 heteroatoms. The zero-order valence-corrected chi connectivity index (χ0v) is 27.4. The molecule has 1 aliphatic rings. The first-order chi connectivity index (χ1) is 23.3. The molecule has 3 N–H and O–H groups in total. The van der Waals surface area contributed by atoms with Crippen LogP contribution in [0.3, 0.4) is 0 Å². The smallest absolute Gasteiger partial charge is 0.266 e. The standard InChI is InChI=1S/C35H33BrF2N6O4/c36-28-10-6-24(7-11-28)32-35(21-26-4-1-2-5-27(26)22-41-44-39,34(46)43-40-15-14-23-18-29(37)20-30(38)19-23)42-33(48-32)25-8-12-31(13-9-25)47-17-3-16-45/h1-2,4-13,18-20,32,40,45H,3,14-17,21-22H2,(H,43,46)/t32-,35-/m0/s1. The second-order valence-corrected chi connectivity index (χ2v) is 12.0. The van der Waals surface area contributed by atoms with Crippen LogP contribution in [0.15, 0.2) is 106 Å². The summed E-state index contributed by atoms with van der Waals surface area (Å²) in [5.74, 6) is -1.02. The Morgan fingerprint density at radius 2 is 1.75 bits per heavy atom. The lowest BCUT2D eigenvalue weighted by molar-refractivity contribution is -0.130. The average molecular weight is 720 g/mol. The third-order valence-electron chi connectivity index (χ3n) is 7.75. The van der Waals surface area contributed by atoms with Gasteiger partial charge in [-0.05, 0) is 82.7 Å². The molecule has 4 aromatic carbocycles. The molecule has 0 radical (unpaired) electrons. The minimum absolute atomic E-state index is 0.0223. The van der Waals surface area contributed by atoms with E-state index in [0.717, 1.165) is 21.7 Å². The molecule has 5 rings (SSSR count). The third-order valence-corrected chi connectivity index (χ3v) is 8.28. The summed E-state index contributed by atoms with van der Waals surface area (Å²) in [5, 5.41) is 12.8. The Morgan fingerprint density at radius 3 is 2.44 bits per heavy atom. The van der Waals surface area contributed by atoms with Crippen LogP contribution in [0.25, 0.3) is 10.4 Å². The van der Waals surface area contributed by atoms with Gasteiger partial charge in [0, 0.05) is 47.0 Å². The van der Waals surface area contributed by atoms with Crippen molar-refractivity contribution in [3.05, 3.63) is 145 Å². The Morgan fingerprint density at radius 1 is 1.04 bits per heavy atom. The Kier molecular flexibility index (Phi) is 11.8. The lowest BCUT2D eigenvalue weighted by Gasteiger charge is -2.31. The molecule has 0 aromatic heterocycles. The second-order valence-electron chi connectivity index (χ2n) is 11.1. The van der Waals surface area contributed by atoms with Gasteiger partial charge in [0.05, 0.1) is 13.2 Å². The summed E-state index contributed by atoms with van der Waals surface area (Å²) in [6.07, 6.45) is -0.0598. The van der Waals surface area contributed by atoms with Gasteiger partial charge >= 0.3 is 0 Å². The van der Waals surface area contributed by atoms with Crippen molar-refractivity contribution in [2.24, 2.45) is 10.1 Å². The minimum atomic E-state index is -1.55. The number of aliphatic hydroxyl groups excluding tert-OH is 1.